The molecule has 0 fully saturated rings. The lowest BCUT2D eigenvalue weighted by atomic mass is 9.78. The topological polar surface area (TPSA) is 35.5 Å². The van der Waals surface area contributed by atoms with Crippen molar-refractivity contribution >= 4 is 18.4 Å². The number of ether oxygens (including phenoxy) is 2. The van der Waals surface area contributed by atoms with Crippen molar-refractivity contribution in [2.24, 2.45) is 5.92 Å². The van der Waals surface area contributed by atoms with E-state index in [1.807, 2.05) is 0 Å². The molecule has 1 aliphatic rings. The van der Waals surface area contributed by atoms with Gasteiger partial charge in [-0.05, 0) is 18.1 Å². The minimum atomic E-state index is -5.04. The lowest BCUT2D eigenvalue weighted by Crippen LogP contribution is -2.36. The average molecular weight is 259 g/mol. The summed E-state index contributed by atoms with van der Waals surface area (Å²) < 4.78 is 47.7. The molecule has 0 N–H and O–H groups in total. The molecule has 0 amide bonds. The van der Waals surface area contributed by atoms with Gasteiger partial charge in [0.2, 0.25) is 0 Å². The molecule has 7 heteroatoms. The van der Waals surface area contributed by atoms with Crippen LogP contribution in [-0.2, 0) is 16.0 Å². The Balaban J connectivity index is 2.27. The molecule has 2 rings (SSSR count). The molecule has 1 aromatic carbocycles. The van der Waals surface area contributed by atoms with E-state index in [2.05, 4.69) is 4.74 Å². The highest BCUT2D eigenvalue weighted by molar-refractivity contribution is 6.73. The van der Waals surface area contributed by atoms with Gasteiger partial charge in [0.25, 0.3) is 0 Å². The van der Waals surface area contributed by atoms with Crippen LogP contribution in [0.25, 0.3) is 0 Å². The highest BCUT2D eigenvalue weighted by Gasteiger charge is 2.30. The van der Waals surface area contributed by atoms with Crippen molar-refractivity contribution in [1.82, 2.24) is 0 Å². The molecule has 1 unspecified atom stereocenters. The predicted octanol–water partition coefficient (Wildman–Crippen LogP) is 1.47. The molecule has 98 valence electrons. The third kappa shape index (κ3) is 2.44. The summed E-state index contributed by atoms with van der Waals surface area (Å²) in [5.74, 6) is -0.610. The molecule has 0 saturated heterocycles. The lowest BCUT2D eigenvalue weighted by molar-refractivity contribution is -0.146. The summed E-state index contributed by atoms with van der Waals surface area (Å²) in [5, 5.41) is 0. The van der Waals surface area contributed by atoms with E-state index in [0.29, 0.717) is 11.3 Å². The van der Waals surface area contributed by atoms with Crippen molar-refractivity contribution in [3.63, 3.8) is 0 Å². The van der Waals surface area contributed by atoms with Gasteiger partial charge in [-0.3, -0.25) is 4.79 Å². The van der Waals surface area contributed by atoms with Crippen LogP contribution in [0.2, 0.25) is 0 Å². The molecule has 0 aliphatic carbocycles. The van der Waals surface area contributed by atoms with Crippen molar-refractivity contribution in [2.45, 2.75) is 6.42 Å². The fourth-order valence-corrected chi connectivity index (χ4v) is 1.94. The third-order valence-corrected chi connectivity index (χ3v) is 2.90. The van der Waals surface area contributed by atoms with E-state index in [-0.39, 0.29) is 13.0 Å². The maximum Gasteiger partial charge on any atom is 0.509 e. The van der Waals surface area contributed by atoms with E-state index in [0.717, 1.165) is 12.1 Å². The Bertz CT molecular complexity index is 473. The number of rotatable bonds is 2. The van der Waals surface area contributed by atoms with Gasteiger partial charge in [-0.15, -0.1) is 5.46 Å². The summed E-state index contributed by atoms with van der Waals surface area (Å²) in [6.07, 6.45) is 0.210. The van der Waals surface area contributed by atoms with Crippen LogP contribution in [0.3, 0.4) is 0 Å². The Morgan fingerprint density at radius 2 is 2.17 bits per heavy atom. The van der Waals surface area contributed by atoms with Gasteiger partial charge in [0.1, 0.15) is 12.4 Å². The van der Waals surface area contributed by atoms with E-state index in [9.17, 15) is 17.7 Å². The number of methoxy groups -OCH3 is 1. The Labute approximate surface area is 102 Å². The molecule has 1 atom stereocenters. The first kappa shape index (κ1) is 12.8. The van der Waals surface area contributed by atoms with Crippen LogP contribution < -0.4 is 10.2 Å². The second-order valence-electron chi connectivity index (χ2n) is 4.18. The van der Waals surface area contributed by atoms with Crippen molar-refractivity contribution < 1.29 is 27.2 Å². The predicted molar refractivity (Wildman–Crippen MR) is 59.9 cm³/mol. The van der Waals surface area contributed by atoms with Crippen LogP contribution in [0, 0.1) is 5.92 Å². The van der Waals surface area contributed by atoms with Gasteiger partial charge in [-0.25, -0.2) is 0 Å². The number of halogens is 3. The Morgan fingerprint density at radius 1 is 1.44 bits per heavy atom. The largest absolute Gasteiger partial charge is 0.509 e. The SMILES string of the molecule is COC(=O)C1COc2ccc([B-](F)(F)F)cc2C1. The second kappa shape index (κ2) is 4.55. The van der Waals surface area contributed by atoms with Crippen LogP contribution >= 0.6 is 0 Å². The fraction of sp³-hybridized carbons (Fsp3) is 0.364. The van der Waals surface area contributed by atoms with Gasteiger partial charge in [0, 0.05) is 0 Å². The van der Waals surface area contributed by atoms with Gasteiger partial charge >= 0.3 is 12.9 Å². The number of esters is 1. The summed E-state index contributed by atoms with van der Waals surface area (Å²) in [6, 6.07) is 3.34. The average Bonchev–Trinajstić information content (AvgIpc) is 2.35. The van der Waals surface area contributed by atoms with E-state index in [1.54, 1.807) is 0 Å². The highest BCUT2D eigenvalue weighted by Crippen LogP contribution is 2.28. The van der Waals surface area contributed by atoms with Crippen molar-refractivity contribution in [3.8, 4) is 5.75 Å². The van der Waals surface area contributed by atoms with Gasteiger partial charge < -0.3 is 22.4 Å². The first-order chi connectivity index (χ1) is 8.41. The van der Waals surface area contributed by atoms with Crippen LogP contribution in [0.1, 0.15) is 5.56 Å². The van der Waals surface area contributed by atoms with Crippen LogP contribution in [0.15, 0.2) is 18.2 Å². The van der Waals surface area contributed by atoms with Crippen LogP contribution in [-0.4, -0.2) is 26.7 Å². The molecule has 18 heavy (non-hydrogen) atoms. The first-order valence-corrected chi connectivity index (χ1v) is 5.45. The van der Waals surface area contributed by atoms with Crippen LogP contribution in [0.4, 0.5) is 12.9 Å². The van der Waals surface area contributed by atoms with E-state index >= 15 is 0 Å². The first-order valence-electron chi connectivity index (χ1n) is 5.45. The lowest BCUT2D eigenvalue weighted by Gasteiger charge is -2.25. The molecule has 1 heterocycles. The van der Waals surface area contributed by atoms with Gasteiger partial charge in [-0.1, -0.05) is 12.1 Å². The standard InChI is InChI=1S/C11H11BF3O3/c1-17-11(16)8-4-7-5-9(12(13,14)15)2-3-10(7)18-6-8/h2-3,5,8H,4,6H2,1H3/q-1. The van der Waals surface area contributed by atoms with Gasteiger partial charge in [-0.2, -0.15) is 0 Å². The molecule has 1 aromatic rings. The molecular formula is C11H11BF3O3-. The third-order valence-electron chi connectivity index (χ3n) is 2.90. The molecule has 0 bridgehead atoms. The van der Waals surface area contributed by atoms with Crippen molar-refractivity contribution in [2.75, 3.05) is 13.7 Å². The molecule has 1 aliphatic heterocycles. The second-order valence-corrected chi connectivity index (χ2v) is 4.18. The monoisotopic (exact) mass is 259 g/mol. The number of hydrogen-bond acceptors (Lipinski definition) is 3. The summed E-state index contributed by atoms with van der Waals surface area (Å²) in [4.78, 5) is 11.3. The number of benzene rings is 1. The van der Waals surface area contributed by atoms with Crippen molar-refractivity contribution in [1.29, 1.82) is 0 Å². The number of carbonyl (C=O) groups excluding carboxylic acids is 1. The minimum Gasteiger partial charge on any atom is -0.492 e. The fourth-order valence-electron chi connectivity index (χ4n) is 1.94. The van der Waals surface area contributed by atoms with Gasteiger partial charge in [0.15, 0.2) is 0 Å². The summed E-state index contributed by atoms with van der Waals surface area (Å²) in [7, 11) is 1.24. The zero-order chi connectivity index (χ0) is 13.3. The summed E-state index contributed by atoms with van der Waals surface area (Å²) in [6.45, 7) is -4.90. The highest BCUT2D eigenvalue weighted by atomic mass is 19.4. The number of fused-ring (bicyclic) bond motifs is 1. The summed E-state index contributed by atoms with van der Waals surface area (Å²) >= 11 is 0. The number of hydrogen-bond donors (Lipinski definition) is 0. The van der Waals surface area contributed by atoms with E-state index < -0.39 is 24.3 Å². The Kier molecular flexibility index (Phi) is 3.23. The molecule has 0 radical (unpaired) electrons. The maximum atomic E-state index is 12.6. The number of carbonyl (C=O) groups is 1. The minimum absolute atomic E-state index is 0.135. The smallest absolute Gasteiger partial charge is 0.492 e. The zero-order valence-corrected chi connectivity index (χ0v) is 9.66. The molecular weight excluding hydrogens is 248 g/mol. The van der Waals surface area contributed by atoms with E-state index in [1.165, 1.54) is 13.2 Å². The van der Waals surface area contributed by atoms with E-state index in [4.69, 9.17) is 4.74 Å². The van der Waals surface area contributed by atoms with Crippen LogP contribution in [0.5, 0.6) is 5.75 Å². The Morgan fingerprint density at radius 3 is 2.78 bits per heavy atom. The molecule has 0 aromatic heterocycles. The Hall–Kier alpha value is -1.66. The summed E-state index contributed by atoms with van der Waals surface area (Å²) in [5.41, 5.74) is -0.281. The molecule has 0 spiro atoms. The maximum absolute atomic E-state index is 12.6. The molecule has 3 nitrogen and oxygen atoms in total. The van der Waals surface area contributed by atoms with Gasteiger partial charge in [0.05, 0.1) is 13.0 Å². The van der Waals surface area contributed by atoms with Crippen molar-refractivity contribution in [3.05, 3.63) is 23.8 Å². The quantitative estimate of drug-likeness (QED) is 0.595. The normalized spacial score (nSPS) is 18.8. The zero-order valence-electron chi connectivity index (χ0n) is 9.66. The molecule has 0 saturated carbocycles.